The van der Waals surface area contributed by atoms with Crippen LogP contribution in [0.5, 0.6) is 0 Å². The molecule has 0 bridgehead atoms. The van der Waals surface area contributed by atoms with Crippen molar-refractivity contribution in [2.75, 3.05) is 11.9 Å². The molecule has 0 radical (unpaired) electrons. The third-order valence-corrected chi connectivity index (χ3v) is 2.02. The number of anilines is 1. The van der Waals surface area contributed by atoms with Gasteiger partial charge in [-0.1, -0.05) is 0 Å². The zero-order valence-electron chi connectivity index (χ0n) is 9.66. The van der Waals surface area contributed by atoms with Crippen molar-refractivity contribution < 1.29 is 15.0 Å². The number of aliphatic hydroxyl groups is 1. The molecule has 3 N–H and O–H groups in total. The van der Waals surface area contributed by atoms with E-state index >= 15 is 0 Å². The lowest BCUT2D eigenvalue weighted by Crippen LogP contribution is -2.13. The summed E-state index contributed by atoms with van der Waals surface area (Å²) in [7, 11) is 0. The smallest absolute Gasteiger partial charge is 0.332 e. The molecule has 0 aliphatic carbocycles. The van der Waals surface area contributed by atoms with Crippen LogP contribution in [0.2, 0.25) is 0 Å². The zero-order valence-corrected chi connectivity index (χ0v) is 9.66. The fraction of sp³-hybridized carbons (Fsp3) is 0.273. The fourth-order valence-electron chi connectivity index (χ4n) is 1.08. The average Bonchev–Trinajstić information content (AvgIpc) is 2.38. The second-order valence-corrected chi connectivity index (χ2v) is 3.48. The Labute approximate surface area is 103 Å². The first-order chi connectivity index (χ1) is 8.54. The summed E-state index contributed by atoms with van der Waals surface area (Å²) < 4.78 is 0. The maximum atomic E-state index is 9.45. The van der Waals surface area contributed by atoms with Crippen molar-refractivity contribution >= 4 is 17.9 Å². The van der Waals surface area contributed by atoms with E-state index in [9.17, 15) is 4.79 Å². The molecule has 1 unspecified atom stereocenters. The van der Waals surface area contributed by atoms with Crippen LogP contribution in [0.1, 0.15) is 12.5 Å². The van der Waals surface area contributed by atoms with Crippen molar-refractivity contribution in [3.63, 3.8) is 0 Å². The largest absolute Gasteiger partial charge is 0.479 e. The van der Waals surface area contributed by atoms with Crippen molar-refractivity contribution in [3.8, 4) is 6.07 Å². The van der Waals surface area contributed by atoms with Crippen LogP contribution >= 0.6 is 0 Å². The molecule has 1 atom stereocenters. The molecule has 0 spiro atoms. The summed E-state index contributed by atoms with van der Waals surface area (Å²) in [6, 6.07) is 2.09. The van der Waals surface area contributed by atoms with Crippen LogP contribution in [0.25, 0.3) is 6.08 Å². The van der Waals surface area contributed by atoms with Gasteiger partial charge in [-0.3, -0.25) is 0 Å². The number of nitrogens with zero attached hydrogens (tertiary/aromatic N) is 3. The predicted molar refractivity (Wildman–Crippen MR) is 63.4 cm³/mol. The molecule has 1 aliphatic heterocycles. The number of aliphatic carboxylic acids is 1. The molecule has 1 aromatic rings. The lowest BCUT2D eigenvalue weighted by atomic mass is 10.1. The quantitative estimate of drug-likeness (QED) is 0.652. The summed E-state index contributed by atoms with van der Waals surface area (Å²) in [4.78, 5) is 17.3. The Hall–Kier alpha value is -2.46. The van der Waals surface area contributed by atoms with Crippen LogP contribution in [0, 0.1) is 11.3 Å². The van der Waals surface area contributed by atoms with Crippen LogP contribution < -0.4 is 5.32 Å². The minimum absolute atomic E-state index is 0.556. The highest BCUT2D eigenvalue weighted by Crippen LogP contribution is 2.18. The standard InChI is InChI=1S/C8H6N4.C3H6O3/c9-2-6-1-7-4-10-5-12-8(7)11-3-6;1-2(4)3(5)6/h1,4-5H,3H2,(H,10,11,12);2,4H,1H3,(H,5,6). The minimum Gasteiger partial charge on any atom is -0.479 e. The molecular formula is C11H12N4O3. The van der Waals surface area contributed by atoms with Gasteiger partial charge in [0, 0.05) is 17.3 Å². The Kier molecular flexibility index (Phi) is 4.78. The summed E-state index contributed by atoms with van der Waals surface area (Å²) in [6.07, 6.45) is 3.74. The Balaban J connectivity index is 0.000000232. The summed E-state index contributed by atoms with van der Waals surface area (Å²) in [5.74, 6) is -0.390. The van der Waals surface area contributed by atoms with E-state index in [-0.39, 0.29) is 0 Å². The van der Waals surface area contributed by atoms with Crippen LogP contribution in [-0.4, -0.2) is 38.8 Å². The lowest BCUT2D eigenvalue weighted by molar-refractivity contribution is -0.145. The monoisotopic (exact) mass is 248 g/mol. The molecule has 0 fully saturated rings. The van der Waals surface area contributed by atoms with Gasteiger partial charge in [0.05, 0.1) is 12.6 Å². The van der Waals surface area contributed by atoms with Gasteiger partial charge < -0.3 is 15.5 Å². The van der Waals surface area contributed by atoms with Gasteiger partial charge in [0.1, 0.15) is 18.2 Å². The topological polar surface area (TPSA) is 119 Å². The second-order valence-electron chi connectivity index (χ2n) is 3.48. The molecule has 2 heterocycles. The average molecular weight is 248 g/mol. The Morgan fingerprint density at radius 3 is 2.89 bits per heavy atom. The number of fused-ring (bicyclic) bond motifs is 1. The molecule has 7 heteroatoms. The van der Waals surface area contributed by atoms with Crippen molar-refractivity contribution in [2.24, 2.45) is 0 Å². The molecule has 2 rings (SSSR count). The maximum absolute atomic E-state index is 9.45. The van der Waals surface area contributed by atoms with Gasteiger partial charge in [-0.15, -0.1) is 0 Å². The number of rotatable bonds is 1. The number of nitriles is 1. The minimum atomic E-state index is -1.23. The first-order valence-electron chi connectivity index (χ1n) is 5.10. The number of hydrogen-bond acceptors (Lipinski definition) is 6. The molecule has 0 amide bonds. The zero-order chi connectivity index (χ0) is 13.5. The van der Waals surface area contributed by atoms with E-state index in [1.165, 1.54) is 13.3 Å². The predicted octanol–water partition coefficient (Wildman–Crippen LogP) is 0.261. The number of hydrogen-bond donors (Lipinski definition) is 3. The van der Waals surface area contributed by atoms with Crippen LogP contribution in [-0.2, 0) is 4.79 Å². The molecule has 7 nitrogen and oxygen atoms in total. The van der Waals surface area contributed by atoms with E-state index < -0.39 is 12.1 Å². The van der Waals surface area contributed by atoms with Crippen LogP contribution in [0.3, 0.4) is 0 Å². The van der Waals surface area contributed by atoms with Gasteiger partial charge in [-0.05, 0) is 13.0 Å². The second kappa shape index (κ2) is 6.32. The number of nitrogens with one attached hydrogen (secondary N) is 1. The third kappa shape index (κ3) is 3.84. The molecular weight excluding hydrogens is 236 g/mol. The number of aliphatic hydroxyl groups excluding tert-OH is 1. The Morgan fingerprint density at radius 2 is 2.33 bits per heavy atom. The van der Waals surface area contributed by atoms with E-state index in [0.29, 0.717) is 12.1 Å². The first-order valence-corrected chi connectivity index (χ1v) is 5.10. The maximum Gasteiger partial charge on any atom is 0.332 e. The van der Waals surface area contributed by atoms with Crippen LogP contribution in [0.4, 0.5) is 5.82 Å². The van der Waals surface area contributed by atoms with Gasteiger partial charge in [-0.25, -0.2) is 14.8 Å². The van der Waals surface area contributed by atoms with Gasteiger partial charge in [0.2, 0.25) is 0 Å². The molecule has 0 saturated carbocycles. The summed E-state index contributed by atoms with van der Waals surface area (Å²) >= 11 is 0. The van der Waals surface area contributed by atoms with Gasteiger partial charge in [0.25, 0.3) is 0 Å². The Bertz CT molecular complexity index is 505. The van der Waals surface area contributed by atoms with Crippen molar-refractivity contribution in [3.05, 3.63) is 23.7 Å². The number of aromatic nitrogens is 2. The highest BCUT2D eigenvalue weighted by molar-refractivity contribution is 5.71. The van der Waals surface area contributed by atoms with Gasteiger partial charge in [-0.2, -0.15) is 5.26 Å². The molecule has 1 aromatic heterocycles. The van der Waals surface area contributed by atoms with E-state index in [4.69, 9.17) is 15.5 Å². The number of carboxylic acid groups (broad SMARTS) is 1. The van der Waals surface area contributed by atoms with E-state index in [1.807, 2.05) is 0 Å². The molecule has 94 valence electrons. The van der Waals surface area contributed by atoms with E-state index in [1.54, 1.807) is 12.3 Å². The van der Waals surface area contributed by atoms with Crippen molar-refractivity contribution in [1.29, 1.82) is 5.26 Å². The van der Waals surface area contributed by atoms with Crippen molar-refractivity contribution in [1.82, 2.24) is 9.97 Å². The highest BCUT2D eigenvalue weighted by atomic mass is 16.4. The fourth-order valence-corrected chi connectivity index (χ4v) is 1.08. The Morgan fingerprint density at radius 1 is 1.67 bits per heavy atom. The van der Waals surface area contributed by atoms with E-state index in [0.717, 1.165) is 11.4 Å². The van der Waals surface area contributed by atoms with E-state index in [2.05, 4.69) is 21.4 Å². The highest BCUT2D eigenvalue weighted by Gasteiger charge is 2.08. The third-order valence-electron chi connectivity index (χ3n) is 2.02. The van der Waals surface area contributed by atoms with Gasteiger partial charge in [0.15, 0.2) is 0 Å². The normalized spacial score (nSPS) is 13.7. The molecule has 18 heavy (non-hydrogen) atoms. The van der Waals surface area contributed by atoms with Gasteiger partial charge >= 0.3 is 5.97 Å². The van der Waals surface area contributed by atoms with Crippen molar-refractivity contribution in [2.45, 2.75) is 13.0 Å². The summed E-state index contributed by atoms with van der Waals surface area (Å²) in [6.45, 7) is 1.75. The molecule has 1 aliphatic rings. The first kappa shape index (κ1) is 13.6. The number of carboxylic acids is 1. The lowest BCUT2D eigenvalue weighted by Gasteiger charge is -2.12. The summed E-state index contributed by atoms with van der Waals surface area (Å²) in [5.41, 5.74) is 1.58. The summed E-state index contributed by atoms with van der Waals surface area (Å²) in [5, 5.41) is 27.4. The van der Waals surface area contributed by atoms with Crippen LogP contribution in [0.15, 0.2) is 18.1 Å². The number of carbonyl (C=O) groups is 1. The molecule has 0 aromatic carbocycles. The SMILES string of the molecule is CC(O)C(=O)O.N#CC1=Cc2cncnc2NC1. The molecule has 0 saturated heterocycles.